The van der Waals surface area contributed by atoms with Gasteiger partial charge in [-0.05, 0) is 64.2 Å². The number of esters is 3. The van der Waals surface area contributed by atoms with Gasteiger partial charge in [0.25, 0.3) is 0 Å². The molecule has 0 spiro atoms. The van der Waals surface area contributed by atoms with Crippen LogP contribution in [0.4, 0.5) is 0 Å². The van der Waals surface area contributed by atoms with Gasteiger partial charge in [0.2, 0.25) is 0 Å². The van der Waals surface area contributed by atoms with Gasteiger partial charge < -0.3 is 14.2 Å². The SMILES string of the molecule is CC/C=C\C/C=C\C/C=C\CCCC(=O)OC(COC(=O)CCC/C=C\CCCCCC)COC(=O)CCCCCCCCCCCCCCCCCCCC. The van der Waals surface area contributed by atoms with Crippen molar-refractivity contribution in [3.63, 3.8) is 0 Å². The summed E-state index contributed by atoms with van der Waals surface area (Å²) < 4.78 is 16.6. The minimum Gasteiger partial charge on any atom is -0.462 e. The number of hydrogen-bond donors (Lipinski definition) is 0. The number of ether oxygens (including phenoxy) is 3. The van der Waals surface area contributed by atoms with Gasteiger partial charge in [0, 0.05) is 19.3 Å². The smallest absolute Gasteiger partial charge is 0.306 e. The van der Waals surface area contributed by atoms with Gasteiger partial charge in [0.05, 0.1) is 0 Å². The summed E-state index contributed by atoms with van der Waals surface area (Å²) in [6, 6.07) is 0. The molecule has 0 radical (unpaired) electrons. The summed E-state index contributed by atoms with van der Waals surface area (Å²) >= 11 is 0. The Morgan fingerprint density at radius 2 is 0.714 bits per heavy atom. The van der Waals surface area contributed by atoms with E-state index in [1.165, 1.54) is 122 Å². The van der Waals surface area contributed by atoms with Gasteiger partial charge in [-0.25, -0.2) is 0 Å². The van der Waals surface area contributed by atoms with Crippen LogP contribution in [-0.2, 0) is 28.6 Å². The van der Waals surface area contributed by atoms with Crippen molar-refractivity contribution in [3.05, 3.63) is 48.6 Å². The standard InChI is InChI=1S/C50H88O6/c1-4-7-10-13-16-19-21-22-23-24-25-26-27-29-31-34-37-40-43-49(52)55-46-47(45-54-48(51)42-39-36-33-30-18-15-12-9-6-3)56-50(53)44-41-38-35-32-28-20-17-14-11-8-5-2/h8,11,17,20,30,32-33,35,47H,4-7,9-10,12-16,18-19,21-29,31,34,36-46H2,1-3H3/b11-8-,20-17-,33-30-,35-32-. The van der Waals surface area contributed by atoms with Crippen LogP contribution in [0.15, 0.2) is 48.6 Å². The molecular formula is C50H88O6. The fourth-order valence-electron chi connectivity index (χ4n) is 6.53. The highest BCUT2D eigenvalue weighted by atomic mass is 16.6. The first-order valence-electron chi connectivity index (χ1n) is 23.6. The number of carbonyl (C=O) groups is 3. The predicted octanol–water partition coefficient (Wildman–Crippen LogP) is 15.1. The quantitative estimate of drug-likeness (QED) is 0.0265. The fraction of sp³-hybridized carbons (Fsp3) is 0.780. The molecule has 56 heavy (non-hydrogen) atoms. The van der Waals surface area contributed by atoms with Gasteiger partial charge >= 0.3 is 17.9 Å². The van der Waals surface area contributed by atoms with Crippen LogP contribution >= 0.6 is 0 Å². The highest BCUT2D eigenvalue weighted by Crippen LogP contribution is 2.15. The topological polar surface area (TPSA) is 78.9 Å². The maximum atomic E-state index is 12.7. The molecule has 0 fully saturated rings. The van der Waals surface area contributed by atoms with E-state index < -0.39 is 6.10 Å². The molecular weight excluding hydrogens is 697 g/mol. The first-order chi connectivity index (χ1) is 27.5. The minimum atomic E-state index is -0.804. The summed E-state index contributed by atoms with van der Waals surface area (Å²) in [5.74, 6) is -0.991. The van der Waals surface area contributed by atoms with Gasteiger partial charge in [-0.15, -0.1) is 0 Å². The molecule has 0 aromatic rings. The summed E-state index contributed by atoms with van der Waals surface area (Å²) in [6.45, 7) is 6.42. The first kappa shape index (κ1) is 53.4. The van der Waals surface area contributed by atoms with Crippen LogP contribution in [0.5, 0.6) is 0 Å². The van der Waals surface area contributed by atoms with Crippen LogP contribution in [0.25, 0.3) is 0 Å². The Morgan fingerprint density at radius 1 is 0.375 bits per heavy atom. The molecule has 0 bridgehead atoms. The minimum absolute atomic E-state index is 0.0998. The van der Waals surface area contributed by atoms with E-state index >= 15 is 0 Å². The molecule has 0 N–H and O–H groups in total. The molecule has 1 atom stereocenters. The largest absolute Gasteiger partial charge is 0.462 e. The molecule has 1 unspecified atom stereocenters. The van der Waals surface area contributed by atoms with E-state index in [0.29, 0.717) is 25.7 Å². The zero-order valence-corrected chi connectivity index (χ0v) is 36.9. The van der Waals surface area contributed by atoms with Crippen LogP contribution in [0.1, 0.15) is 233 Å². The Balaban J connectivity index is 4.32. The Kier molecular flexibility index (Phi) is 43.0. The van der Waals surface area contributed by atoms with Gasteiger partial charge in [0.1, 0.15) is 13.2 Å². The van der Waals surface area contributed by atoms with Gasteiger partial charge in [0.15, 0.2) is 6.10 Å². The number of allylic oxidation sites excluding steroid dienone is 8. The second-order valence-electron chi connectivity index (χ2n) is 15.6. The van der Waals surface area contributed by atoms with Crippen molar-refractivity contribution >= 4 is 17.9 Å². The Labute approximate surface area is 346 Å². The van der Waals surface area contributed by atoms with Crippen molar-refractivity contribution in [3.8, 4) is 0 Å². The van der Waals surface area contributed by atoms with E-state index in [-0.39, 0.29) is 37.5 Å². The molecule has 324 valence electrons. The molecule has 0 saturated heterocycles. The highest BCUT2D eigenvalue weighted by Gasteiger charge is 2.19. The summed E-state index contributed by atoms with van der Waals surface area (Å²) in [6.07, 6.45) is 52.7. The van der Waals surface area contributed by atoms with Crippen molar-refractivity contribution in [2.75, 3.05) is 13.2 Å². The lowest BCUT2D eigenvalue weighted by Crippen LogP contribution is -2.30. The lowest BCUT2D eigenvalue weighted by molar-refractivity contribution is -0.167. The van der Waals surface area contributed by atoms with Crippen LogP contribution in [0.3, 0.4) is 0 Å². The zero-order valence-electron chi connectivity index (χ0n) is 36.9. The Bertz CT molecular complexity index is 996. The van der Waals surface area contributed by atoms with Crippen molar-refractivity contribution in [2.45, 2.75) is 239 Å². The van der Waals surface area contributed by atoms with E-state index in [9.17, 15) is 14.4 Å². The number of rotatable bonds is 42. The molecule has 0 aliphatic rings. The summed E-state index contributed by atoms with van der Waals surface area (Å²) in [4.78, 5) is 37.6. The highest BCUT2D eigenvalue weighted by molar-refractivity contribution is 5.71. The lowest BCUT2D eigenvalue weighted by atomic mass is 10.0. The molecule has 6 heteroatoms. The van der Waals surface area contributed by atoms with Crippen molar-refractivity contribution < 1.29 is 28.6 Å². The maximum Gasteiger partial charge on any atom is 0.306 e. The molecule has 0 aromatic carbocycles. The Morgan fingerprint density at radius 3 is 1.18 bits per heavy atom. The van der Waals surface area contributed by atoms with E-state index in [2.05, 4.69) is 69.4 Å². The van der Waals surface area contributed by atoms with Crippen LogP contribution < -0.4 is 0 Å². The van der Waals surface area contributed by atoms with E-state index in [0.717, 1.165) is 57.8 Å². The molecule has 0 heterocycles. The van der Waals surface area contributed by atoms with Gasteiger partial charge in [-0.3, -0.25) is 14.4 Å². The average Bonchev–Trinajstić information content (AvgIpc) is 3.19. The second kappa shape index (κ2) is 45.1. The van der Waals surface area contributed by atoms with E-state index in [1.54, 1.807) is 0 Å². The second-order valence-corrected chi connectivity index (χ2v) is 15.6. The molecule has 0 amide bonds. The molecule has 0 aromatic heterocycles. The fourth-order valence-corrected chi connectivity index (χ4v) is 6.53. The van der Waals surface area contributed by atoms with Gasteiger partial charge in [-0.1, -0.05) is 198 Å². The number of unbranched alkanes of at least 4 members (excludes halogenated alkanes) is 23. The third-order valence-corrected chi connectivity index (χ3v) is 10.1. The van der Waals surface area contributed by atoms with E-state index in [4.69, 9.17) is 14.2 Å². The molecule has 0 aliphatic heterocycles. The molecule has 0 rings (SSSR count). The molecule has 6 nitrogen and oxygen atoms in total. The molecule has 0 saturated carbocycles. The number of carbonyl (C=O) groups excluding carboxylic acids is 3. The summed E-state index contributed by atoms with van der Waals surface area (Å²) in [5, 5.41) is 0. The van der Waals surface area contributed by atoms with Gasteiger partial charge in [-0.2, -0.15) is 0 Å². The maximum absolute atomic E-state index is 12.7. The monoisotopic (exact) mass is 785 g/mol. The first-order valence-corrected chi connectivity index (χ1v) is 23.6. The van der Waals surface area contributed by atoms with Crippen molar-refractivity contribution in [1.29, 1.82) is 0 Å². The predicted molar refractivity (Wildman–Crippen MR) is 238 cm³/mol. The average molecular weight is 785 g/mol. The lowest BCUT2D eigenvalue weighted by Gasteiger charge is -2.18. The van der Waals surface area contributed by atoms with Crippen LogP contribution in [0, 0.1) is 0 Å². The van der Waals surface area contributed by atoms with Crippen molar-refractivity contribution in [1.82, 2.24) is 0 Å². The van der Waals surface area contributed by atoms with Crippen LogP contribution in [-0.4, -0.2) is 37.2 Å². The van der Waals surface area contributed by atoms with Crippen LogP contribution in [0.2, 0.25) is 0 Å². The molecule has 0 aliphatic carbocycles. The van der Waals surface area contributed by atoms with E-state index in [1.807, 2.05) is 0 Å². The number of hydrogen-bond acceptors (Lipinski definition) is 6. The third-order valence-electron chi connectivity index (χ3n) is 10.1. The summed E-state index contributed by atoms with van der Waals surface area (Å²) in [5.41, 5.74) is 0. The zero-order chi connectivity index (χ0) is 40.8. The van der Waals surface area contributed by atoms with Crippen molar-refractivity contribution in [2.24, 2.45) is 0 Å². The summed E-state index contributed by atoms with van der Waals surface area (Å²) in [7, 11) is 0. The third kappa shape index (κ3) is 42.5. The normalized spacial score (nSPS) is 12.4. The Hall–Kier alpha value is -2.63.